The third kappa shape index (κ3) is 3.32. The first-order chi connectivity index (χ1) is 21.3. The van der Waals surface area contributed by atoms with Crippen molar-refractivity contribution in [1.29, 1.82) is 0 Å². The van der Waals surface area contributed by atoms with Crippen molar-refractivity contribution < 1.29 is 0 Å². The van der Waals surface area contributed by atoms with E-state index in [-0.39, 0.29) is 0 Å². The Kier molecular flexibility index (Phi) is 4.81. The third-order valence-electron chi connectivity index (χ3n) is 8.97. The van der Waals surface area contributed by atoms with E-state index in [0.29, 0.717) is 0 Å². The summed E-state index contributed by atoms with van der Waals surface area (Å²) in [5.74, 6) is 0. The lowest BCUT2D eigenvalue weighted by molar-refractivity contribution is 1.18. The van der Waals surface area contributed by atoms with Crippen LogP contribution in [0.2, 0.25) is 0 Å². The van der Waals surface area contributed by atoms with Crippen molar-refractivity contribution >= 4 is 95.6 Å². The van der Waals surface area contributed by atoms with Crippen LogP contribution in [0.3, 0.4) is 0 Å². The highest BCUT2D eigenvalue weighted by Gasteiger charge is 2.17. The molecule has 0 spiro atoms. The number of para-hydroxylation sites is 1. The van der Waals surface area contributed by atoms with E-state index >= 15 is 0 Å². The monoisotopic (exact) mass is 581 g/mol. The van der Waals surface area contributed by atoms with Crippen molar-refractivity contribution in [1.82, 2.24) is 4.57 Å². The molecule has 0 bridgehead atoms. The maximum Gasteiger partial charge on any atom is 0.0547 e. The first-order valence-electron chi connectivity index (χ1n) is 14.6. The molecule has 0 saturated carbocycles. The van der Waals surface area contributed by atoms with Gasteiger partial charge in [0.05, 0.1) is 11.0 Å². The third-order valence-corrected chi connectivity index (χ3v) is 11.3. The Morgan fingerprint density at radius 1 is 0.419 bits per heavy atom. The van der Waals surface area contributed by atoms with Gasteiger partial charge in [0.15, 0.2) is 0 Å². The Labute approximate surface area is 255 Å². The zero-order valence-corrected chi connectivity index (χ0v) is 24.7. The van der Waals surface area contributed by atoms with E-state index in [0.717, 1.165) is 0 Å². The number of rotatable bonds is 2. The Morgan fingerprint density at radius 3 is 2.02 bits per heavy atom. The molecule has 0 radical (unpaired) electrons. The van der Waals surface area contributed by atoms with Gasteiger partial charge in [0.25, 0.3) is 0 Å². The zero-order chi connectivity index (χ0) is 28.1. The van der Waals surface area contributed by atoms with Crippen LogP contribution >= 0.6 is 22.7 Å². The van der Waals surface area contributed by atoms with E-state index in [9.17, 15) is 0 Å². The molecule has 10 aromatic rings. The fraction of sp³-hybridized carbons (Fsp3) is 0. The largest absolute Gasteiger partial charge is 0.309 e. The normalized spacial score (nSPS) is 12.2. The van der Waals surface area contributed by atoms with Crippen molar-refractivity contribution in [3.63, 3.8) is 0 Å². The van der Waals surface area contributed by atoms with Crippen LogP contribution in [0.4, 0.5) is 0 Å². The number of thiophene rings is 2. The number of nitrogens with zero attached hydrogens (tertiary/aromatic N) is 1. The van der Waals surface area contributed by atoms with E-state index in [1.807, 2.05) is 22.7 Å². The Morgan fingerprint density at radius 2 is 1.14 bits per heavy atom. The average molecular weight is 582 g/mol. The number of hydrogen-bond donors (Lipinski definition) is 0. The summed E-state index contributed by atoms with van der Waals surface area (Å²) in [6.45, 7) is 0. The molecule has 0 N–H and O–H groups in total. The Balaban J connectivity index is 1.25. The standard InChI is InChI=1S/C40H23NS2/c1-4-16-34-31(13-1)39-32-23-33-29-12-3-5-17-36(29)42-38(33)22-25(32)19-20-35(39)41(34)26-10-7-9-24(21-26)27-14-8-15-30-28-11-2-6-18-37(28)43-40(27)30/h1-23H. The molecule has 10 rings (SSSR count). The molecule has 200 valence electrons. The lowest BCUT2D eigenvalue weighted by Gasteiger charge is -2.11. The van der Waals surface area contributed by atoms with Gasteiger partial charge < -0.3 is 4.57 Å². The SMILES string of the molecule is c1cc(-c2cccc3c2sc2ccccc23)cc(-n2c3ccccc3c3c4cc5c(cc4ccc32)sc2ccccc25)c1. The first kappa shape index (κ1) is 23.6. The van der Waals surface area contributed by atoms with Gasteiger partial charge in [0.2, 0.25) is 0 Å². The molecule has 43 heavy (non-hydrogen) atoms. The summed E-state index contributed by atoms with van der Waals surface area (Å²) in [6.07, 6.45) is 0. The minimum absolute atomic E-state index is 1.18. The minimum Gasteiger partial charge on any atom is -0.309 e. The van der Waals surface area contributed by atoms with E-state index in [2.05, 4.69) is 144 Å². The number of benzene rings is 7. The molecule has 7 aromatic carbocycles. The second-order valence-electron chi connectivity index (χ2n) is 11.3. The van der Waals surface area contributed by atoms with Crippen molar-refractivity contribution in [3.05, 3.63) is 140 Å². The number of aromatic nitrogens is 1. The highest BCUT2D eigenvalue weighted by molar-refractivity contribution is 7.26. The van der Waals surface area contributed by atoms with Gasteiger partial charge in [-0.3, -0.25) is 0 Å². The molecule has 0 unspecified atom stereocenters. The molecule has 0 saturated heterocycles. The average Bonchev–Trinajstić information content (AvgIpc) is 3.73. The van der Waals surface area contributed by atoms with E-state index < -0.39 is 0 Å². The summed E-state index contributed by atoms with van der Waals surface area (Å²) in [5, 5.41) is 10.6. The molecule has 0 fully saturated rings. The quantitative estimate of drug-likeness (QED) is 0.191. The van der Waals surface area contributed by atoms with Crippen LogP contribution in [0, 0.1) is 0 Å². The van der Waals surface area contributed by atoms with Crippen LogP contribution < -0.4 is 0 Å². The minimum atomic E-state index is 1.18. The first-order valence-corrected chi connectivity index (χ1v) is 16.2. The zero-order valence-electron chi connectivity index (χ0n) is 23.0. The summed E-state index contributed by atoms with van der Waals surface area (Å²) in [7, 11) is 0. The van der Waals surface area contributed by atoms with Gasteiger partial charge in [-0.05, 0) is 70.4 Å². The predicted molar refractivity (Wildman–Crippen MR) is 190 cm³/mol. The molecular formula is C40H23NS2. The van der Waals surface area contributed by atoms with E-state index in [1.165, 1.54) is 89.7 Å². The number of fused-ring (bicyclic) bond motifs is 11. The van der Waals surface area contributed by atoms with Crippen molar-refractivity contribution in [2.24, 2.45) is 0 Å². The van der Waals surface area contributed by atoms with Crippen LogP contribution in [0.25, 0.3) is 89.7 Å². The Bertz CT molecular complexity index is 2740. The molecule has 0 amide bonds. The van der Waals surface area contributed by atoms with Crippen molar-refractivity contribution in [2.45, 2.75) is 0 Å². The van der Waals surface area contributed by atoms with Crippen LogP contribution in [-0.2, 0) is 0 Å². The predicted octanol–water partition coefficient (Wildman–Crippen LogP) is 12.3. The molecule has 1 nitrogen and oxygen atoms in total. The maximum absolute atomic E-state index is 2.45. The summed E-state index contributed by atoms with van der Waals surface area (Å²) in [6, 6.07) is 51.6. The smallest absolute Gasteiger partial charge is 0.0547 e. The molecular weight excluding hydrogens is 559 g/mol. The molecule has 0 aliphatic carbocycles. The molecule has 0 aliphatic heterocycles. The highest BCUT2D eigenvalue weighted by Crippen LogP contribution is 2.43. The number of hydrogen-bond acceptors (Lipinski definition) is 2. The summed E-state index contributed by atoms with van der Waals surface area (Å²) in [4.78, 5) is 0. The summed E-state index contributed by atoms with van der Waals surface area (Å²) < 4.78 is 7.83. The highest BCUT2D eigenvalue weighted by atomic mass is 32.1. The fourth-order valence-corrected chi connectivity index (χ4v) is 9.45. The van der Waals surface area contributed by atoms with Crippen molar-refractivity contribution in [3.8, 4) is 16.8 Å². The van der Waals surface area contributed by atoms with Crippen molar-refractivity contribution in [2.75, 3.05) is 0 Å². The molecule has 3 heteroatoms. The van der Waals surface area contributed by atoms with Gasteiger partial charge in [-0.25, -0.2) is 0 Å². The second kappa shape index (κ2) is 8.78. The van der Waals surface area contributed by atoms with Crippen LogP contribution in [0.1, 0.15) is 0 Å². The Hall–Kier alpha value is -4.96. The summed E-state index contributed by atoms with van der Waals surface area (Å²) >= 11 is 3.77. The molecule has 3 heterocycles. The lowest BCUT2D eigenvalue weighted by atomic mass is 10.0. The fourth-order valence-electron chi connectivity index (χ4n) is 7.08. The van der Waals surface area contributed by atoms with Gasteiger partial charge >= 0.3 is 0 Å². The van der Waals surface area contributed by atoms with E-state index in [4.69, 9.17) is 0 Å². The van der Waals surface area contributed by atoms with Crippen LogP contribution in [-0.4, -0.2) is 4.57 Å². The van der Waals surface area contributed by atoms with Gasteiger partial charge in [-0.2, -0.15) is 0 Å². The van der Waals surface area contributed by atoms with Crippen LogP contribution in [0.5, 0.6) is 0 Å². The maximum atomic E-state index is 2.45. The van der Waals surface area contributed by atoms with Gasteiger partial charge in [0.1, 0.15) is 0 Å². The van der Waals surface area contributed by atoms with Gasteiger partial charge in [-0.1, -0.05) is 91.0 Å². The summed E-state index contributed by atoms with van der Waals surface area (Å²) in [5.41, 5.74) is 6.19. The van der Waals surface area contributed by atoms with Gasteiger partial charge in [-0.15, -0.1) is 22.7 Å². The van der Waals surface area contributed by atoms with E-state index in [1.54, 1.807) is 0 Å². The molecule has 0 aliphatic rings. The topological polar surface area (TPSA) is 4.93 Å². The second-order valence-corrected chi connectivity index (χ2v) is 13.4. The van der Waals surface area contributed by atoms with Gasteiger partial charge in [0, 0.05) is 56.8 Å². The lowest BCUT2D eigenvalue weighted by Crippen LogP contribution is -1.94. The molecule has 3 aromatic heterocycles. The van der Waals surface area contributed by atoms with Crippen LogP contribution in [0.15, 0.2) is 140 Å². The molecule has 0 atom stereocenters.